The summed E-state index contributed by atoms with van der Waals surface area (Å²) in [7, 11) is 2.07. The zero-order valence-corrected chi connectivity index (χ0v) is 22.7. The van der Waals surface area contributed by atoms with Crippen LogP contribution in [0.2, 0.25) is 0 Å². The highest BCUT2D eigenvalue weighted by Gasteiger charge is 2.28. The van der Waals surface area contributed by atoms with E-state index in [0.29, 0.717) is 5.41 Å². The van der Waals surface area contributed by atoms with Crippen LogP contribution in [0.1, 0.15) is 66.1 Å². The van der Waals surface area contributed by atoms with Crippen molar-refractivity contribution in [3.8, 4) is 0 Å². The summed E-state index contributed by atoms with van der Waals surface area (Å²) in [6.07, 6.45) is 9.89. The summed E-state index contributed by atoms with van der Waals surface area (Å²) in [4.78, 5) is 8.09. The molecule has 0 fully saturated rings. The highest BCUT2D eigenvalue weighted by atomic mass is 32.2. The van der Waals surface area contributed by atoms with Crippen molar-refractivity contribution >= 4 is 23.0 Å². The van der Waals surface area contributed by atoms with Gasteiger partial charge in [-0.2, -0.15) is 0 Å². The van der Waals surface area contributed by atoms with Crippen molar-refractivity contribution in [3.05, 3.63) is 86.3 Å². The monoisotopic (exact) mass is 472 g/mol. The molecule has 1 aliphatic heterocycles. The molecule has 0 radical (unpaired) electrons. The van der Waals surface area contributed by atoms with Crippen molar-refractivity contribution in [1.82, 2.24) is 4.90 Å². The fourth-order valence-corrected chi connectivity index (χ4v) is 6.00. The molecule has 34 heavy (non-hydrogen) atoms. The van der Waals surface area contributed by atoms with Crippen molar-refractivity contribution in [1.29, 1.82) is 0 Å². The van der Waals surface area contributed by atoms with Gasteiger partial charge < -0.3 is 4.90 Å². The Bertz CT molecular complexity index is 1140. The average Bonchev–Trinajstić information content (AvgIpc) is 3.12. The quantitative estimate of drug-likeness (QED) is 0.291. The van der Waals surface area contributed by atoms with Crippen molar-refractivity contribution in [3.63, 3.8) is 0 Å². The largest absolute Gasteiger partial charge is 0.366 e. The van der Waals surface area contributed by atoms with Crippen molar-refractivity contribution < 1.29 is 0 Å². The first kappa shape index (κ1) is 24.9. The predicted molar refractivity (Wildman–Crippen MR) is 151 cm³/mol. The van der Waals surface area contributed by atoms with Gasteiger partial charge in [0.2, 0.25) is 0 Å². The molecule has 0 bridgehead atoms. The number of hydrogen-bond acceptors (Lipinski definition) is 2. The fourth-order valence-electron chi connectivity index (χ4n) is 5.08. The van der Waals surface area contributed by atoms with Crippen LogP contribution in [-0.4, -0.2) is 31.4 Å². The third kappa shape index (κ3) is 6.05. The van der Waals surface area contributed by atoms with E-state index in [2.05, 4.69) is 93.4 Å². The Labute approximate surface area is 211 Å². The van der Waals surface area contributed by atoms with E-state index in [-0.39, 0.29) is 0 Å². The molecule has 0 spiro atoms. The molecule has 0 atom stereocenters. The lowest BCUT2D eigenvalue weighted by Crippen LogP contribution is -2.15. The molecule has 3 heteroatoms. The van der Waals surface area contributed by atoms with E-state index in [1.54, 1.807) is 11.1 Å². The number of allylic oxidation sites excluding steroid dienone is 2. The Morgan fingerprint density at radius 1 is 1.03 bits per heavy atom. The smallest absolute Gasteiger partial charge is 0.0847 e. The highest BCUT2D eigenvalue weighted by molar-refractivity contribution is 8.11. The molecular weight excluding hydrogens is 432 g/mol. The molecule has 2 aliphatic rings. The van der Waals surface area contributed by atoms with Crippen molar-refractivity contribution in [2.75, 3.05) is 20.1 Å². The zero-order valence-electron chi connectivity index (χ0n) is 21.9. The van der Waals surface area contributed by atoms with Gasteiger partial charge in [0.1, 0.15) is 0 Å². The number of aliphatic imine (C=N–C) groups is 1. The lowest BCUT2D eigenvalue weighted by Gasteiger charge is -2.17. The van der Waals surface area contributed by atoms with Gasteiger partial charge in [0, 0.05) is 25.0 Å². The van der Waals surface area contributed by atoms with Gasteiger partial charge in [-0.05, 0) is 103 Å². The van der Waals surface area contributed by atoms with Gasteiger partial charge in [-0.1, -0.05) is 67.6 Å². The van der Waals surface area contributed by atoms with Crippen LogP contribution in [0.5, 0.6) is 0 Å². The van der Waals surface area contributed by atoms with E-state index >= 15 is 0 Å². The van der Waals surface area contributed by atoms with Crippen LogP contribution in [0.15, 0.2) is 52.4 Å². The van der Waals surface area contributed by atoms with Crippen LogP contribution in [0.25, 0.3) is 4.91 Å². The maximum Gasteiger partial charge on any atom is 0.0847 e. The van der Waals surface area contributed by atoms with Crippen LogP contribution in [0.3, 0.4) is 0 Å². The first-order chi connectivity index (χ1) is 16.2. The maximum absolute atomic E-state index is 4.56. The molecule has 4 rings (SSSR count). The summed E-state index contributed by atoms with van der Waals surface area (Å²) in [6.45, 7) is 13.3. The molecule has 0 amide bonds. The number of benzene rings is 2. The molecule has 0 saturated carbocycles. The van der Waals surface area contributed by atoms with E-state index < -0.39 is 0 Å². The van der Waals surface area contributed by atoms with Crippen LogP contribution in [0, 0.1) is 19.3 Å². The number of nitrogens with zero attached hydrogens (tertiary/aromatic N) is 2. The summed E-state index contributed by atoms with van der Waals surface area (Å²) in [5, 5.41) is 2.40. The minimum Gasteiger partial charge on any atom is -0.366 e. The summed E-state index contributed by atoms with van der Waals surface area (Å²) < 4.78 is 0. The van der Waals surface area contributed by atoms with Gasteiger partial charge in [0.05, 0.1) is 6.34 Å². The highest BCUT2D eigenvalue weighted by Crippen LogP contribution is 2.41. The Morgan fingerprint density at radius 3 is 2.50 bits per heavy atom. The summed E-state index contributed by atoms with van der Waals surface area (Å²) >= 11 is 1.90. The second-order valence-electron chi connectivity index (χ2n) is 10.9. The Balaban J connectivity index is 1.37. The molecule has 2 nitrogen and oxygen atoms in total. The van der Waals surface area contributed by atoms with Gasteiger partial charge in [-0.3, -0.25) is 4.99 Å². The molecule has 0 unspecified atom stereocenters. The molecule has 1 heterocycles. The summed E-state index contributed by atoms with van der Waals surface area (Å²) in [5.41, 5.74) is 12.1. The molecular formula is C31H40N2S. The third-order valence-electron chi connectivity index (χ3n) is 7.23. The maximum atomic E-state index is 4.56. The first-order valence-electron chi connectivity index (χ1n) is 12.7. The number of thioether (sulfide) groups is 1. The number of hydrogen-bond donors (Lipinski definition) is 0. The van der Waals surface area contributed by atoms with Crippen molar-refractivity contribution in [2.24, 2.45) is 10.4 Å². The molecule has 180 valence electrons. The van der Waals surface area contributed by atoms with E-state index in [0.717, 1.165) is 32.4 Å². The van der Waals surface area contributed by atoms with Crippen LogP contribution >= 0.6 is 11.8 Å². The lowest BCUT2D eigenvalue weighted by atomic mass is 9.90. The van der Waals surface area contributed by atoms with Gasteiger partial charge in [0.15, 0.2) is 0 Å². The molecule has 2 aromatic carbocycles. The first-order valence-corrected chi connectivity index (χ1v) is 13.6. The third-order valence-corrected chi connectivity index (χ3v) is 8.34. The Hall–Kier alpha value is -2.26. The predicted octanol–water partition coefficient (Wildman–Crippen LogP) is 7.56. The zero-order chi connectivity index (χ0) is 24.3. The van der Waals surface area contributed by atoms with Gasteiger partial charge >= 0.3 is 0 Å². The Kier molecular flexibility index (Phi) is 7.72. The Morgan fingerprint density at radius 2 is 1.76 bits per heavy atom. The van der Waals surface area contributed by atoms with Crippen LogP contribution in [-0.2, 0) is 25.7 Å². The number of rotatable bonds is 8. The summed E-state index contributed by atoms with van der Waals surface area (Å²) in [6, 6.07) is 11.9. The van der Waals surface area contributed by atoms with Crippen molar-refractivity contribution in [2.45, 2.75) is 66.7 Å². The number of fused-ring (bicyclic) bond motifs is 1. The van der Waals surface area contributed by atoms with Crippen LogP contribution < -0.4 is 0 Å². The molecule has 1 aliphatic carbocycles. The van der Waals surface area contributed by atoms with Gasteiger partial charge in [-0.15, -0.1) is 0 Å². The van der Waals surface area contributed by atoms with Crippen LogP contribution in [0.4, 0.5) is 0 Å². The molecule has 2 aromatic rings. The number of aryl methyl sites for hydroxylation is 2. The second kappa shape index (κ2) is 10.6. The standard InChI is InChI=1S/C31H40N2S/c1-7-33(6)21-32-13-12-25-14-23(3)28(15-22(25)2)16-24-8-11-30(34-20-24)26-9-10-27-18-31(4,5)19-29(27)17-26/h9-11,14-15,17,20-21H,7-8,12-13,16,18-19H2,1-6H3. The minimum absolute atomic E-state index is 0.409. The van der Waals surface area contributed by atoms with E-state index in [9.17, 15) is 0 Å². The summed E-state index contributed by atoms with van der Waals surface area (Å²) in [5.74, 6) is 0. The molecule has 0 saturated heterocycles. The fraction of sp³-hybridized carbons (Fsp3) is 0.452. The second-order valence-corrected chi connectivity index (χ2v) is 11.8. The minimum atomic E-state index is 0.409. The molecule has 0 aromatic heterocycles. The normalized spacial score (nSPS) is 17.0. The molecule has 0 N–H and O–H groups in total. The van der Waals surface area contributed by atoms with Gasteiger partial charge in [0.25, 0.3) is 0 Å². The van der Waals surface area contributed by atoms with E-state index in [4.69, 9.17) is 0 Å². The lowest BCUT2D eigenvalue weighted by molar-refractivity contribution is 0.392. The van der Waals surface area contributed by atoms with Gasteiger partial charge in [-0.25, -0.2) is 0 Å². The topological polar surface area (TPSA) is 15.6 Å². The SMILES string of the molecule is CCN(C)C=NCCc1cc(C)c(CC2=CSC(c3ccc4c(c3)CC(C)(C)C4)=CC2)cc1C. The van der Waals surface area contributed by atoms with E-state index in [1.165, 1.54) is 51.1 Å². The average molecular weight is 473 g/mol. The van der Waals surface area contributed by atoms with E-state index in [1.807, 2.05) is 18.1 Å².